The Labute approximate surface area is 174 Å². The second kappa shape index (κ2) is 9.60. The predicted molar refractivity (Wildman–Crippen MR) is 111 cm³/mol. The fraction of sp³-hybridized carbons (Fsp3) is 0.167. The first kappa shape index (κ1) is 20.9. The number of nitrogens with zero attached hydrogens (tertiary/aromatic N) is 1. The molecule has 0 bridgehead atoms. The zero-order valence-electron chi connectivity index (χ0n) is 16.8. The molecule has 3 rings (SSSR count). The minimum atomic E-state index is -0.682. The van der Waals surface area contributed by atoms with E-state index in [4.69, 9.17) is 9.47 Å². The lowest BCUT2D eigenvalue weighted by atomic mass is 9.94. The molecule has 0 aliphatic rings. The minimum absolute atomic E-state index is 0.0185. The number of carbonyl (C=O) groups excluding carboxylic acids is 3. The molecule has 6 nitrogen and oxygen atoms in total. The van der Waals surface area contributed by atoms with Crippen molar-refractivity contribution in [1.82, 2.24) is 4.98 Å². The third-order valence-electron chi connectivity index (χ3n) is 4.32. The lowest BCUT2D eigenvalue weighted by Gasteiger charge is -2.15. The normalized spacial score (nSPS) is 10.3. The number of benzene rings is 2. The zero-order valence-corrected chi connectivity index (χ0v) is 16.8. The van der Waals surface area contributed by atoms with Crippen molar-refractivity contribution in [2.45, 2.75) is 13.8 Å². The van der Waals surface area contributed by atoms with Crippen LogP contribution >= 0.6 is 0 Å². The molecule has 0 aliphatic heterocycles. The maximum Gasteiger partial charge on any atom is 0.356 e. The summed E-state index contributed by atoms with van der Waals surface area (Å²) in [6.45, 7) is 3.65. The van der Waals surface area contributed by atoms with Gasteiger partial charge in [-0.25, -0.2) is 14.6 Å². The van der Waals surface area contributed by atoms with Crippen molar-refractivity contribution in [2.24, 2.45) is 0 Å². The van der Waals surface area contributed by atoms with Crippen LogP contribution in [0.1, 0.15) is 50.7 Å². The van der Waals surface area contributed by atoms with E-state index >= 15 is 0 Å². The molecule has 0 saturated carbocycles. The average molecular weight is 403 g/mol. The monoisotopic (exact) mass is 403 g/mol. The van der Waals surface area contributed by atoms with Gasteiger partial charge >= 0.3 is 11.9 Å². The summed E-state index contributed by atoms with van der Waals surface area (Å²) in [6.07, 6.45) is 0. The predicted octanol–water partition coefficient (Wildman–Crippen LogP) is 4.33. The first-order chi connectivity index (χ1) is 14.6. The highest BCUT2D eigenvalue weighted by atomic mass is 16.5. The molecule has 0 unspecified atom stereocenters. The topological polar surface area (TPSA) is 82.6 Å². The highest BCUT2D eigenvalue weighted by molar-refractivity contribution is 6.16. The van der Waals surface area contributed by atoms with Crippen LogP contribution in [0.5, 0.6) is 0 Å². The van der Waals surface area contributed by atoms with E-state index in [-0.39, 0.29) is 30.2 Å². The van der Waals surface area contributed by atoms with Crippen LogP contribution in [0.4, 0.5) is 0 Å². The van der Waals surface area contributed by atoms with Crippen LogP contribution in [0, 0.1) is 0 Å². The maximum atomic E-state index is 13.3. The smallest absolute Gasteiger partial charge is 0.356 e. The van der Waals surface area contributed by atoms with E-state index in [1.807, 2.05) is 6.07 Å². The Balaban J connectivity index is 2.31. The molecule has 0 spiro atoms. The van der Waals surface area contributed by atoms with Gasteiger partial charge in [-0.2, -0.15) is 0 Å². The summed E-state index contributed by atoms with van der Waals surface area (Å²) in [7, 11) is 0. The van der Waals surface area contributed by atoms with Gasteiger partial charge in [0, 0.05) is 11.1 Å². The van der Waals surface area contributed by atoms with Crippen LogP contribution < -0.4 is 0 Å². The largest absolute Gasteiger partial charge is 0.462 e. The average Bonchev–Trinajstić information content (AvgIpc) is 2.79. The van der Waals surface area contributed by atoms with Crippen LogP contribution in [0.2, 0.25) is 0 Å². The van der Waals surface area contributed by atoms with Gasteiger partial charge in [-0.15, -0.1) is 0 Å². The van der Waals surface area contributed by atoms with Crippen molar-refractivity contribution in [3.8, 4) is 11.1 Å². The second-order valence-corrected chi connectivity index (χ2v) is 6.28. The summed E-state index contributed by atoms with van der Waals surface area (Å²) >= 11 is 0. The van der Waals surface area contributed by atoms with Gasteiger partial charge in [-0.3, -0.25) is 4.79 Å². The highest BCUT2D eigenvalue weighted by Crippen LogP contribution is 2.29. The maximum absolute atomic E-state index is 13.3. The van der Waals surface area contributed by atoms with Crippen LogP contribution in [-0.4, -0.2) is 35.9 Å². The van der Waals surface area contributed by atoms with E-state index in [0.29, 0.717) is 16.7 Å². The molecule has 0 atom stereocenters. The molecular weight excluding hydrogens is 382 g/mol. The Morgan fingerprint density at radius 2 is 1.37 bits per heavy atom. The Kier molecular flexibility index (Phi) is 6.70. The van der Waals surface area contributed by atoms with Gasteiger partial charge in [0.05, 0.1) is 18.8 Å². The van der Waals surface area contributed by atoms with Crippen molar-refractivity contribution in [2.75, 3.05) is 13.2 Å². The summed E-state index contributed by atoms with van der Waals surface area (Å²) < 4.78 is 10.3. The second-order valence-electron chi connectivity index (χ2n) is 6.28. The van der Waals surface area contributed by atoms with Crippen molar-refractivity contribution < 1.29 is 23.9 Å². The van der Waals surface area contributed by atoms with Gasteiger partial charge in [0.15, 0.2) is 0 Å². The van der Waals surface area contributed by atoms with Crippen molar-refractivity contribution in [3.63, 3.8) is 0 Å². The van der Waals surface area contributed by atoms with Crippen molar-refractivity contribution >= 4 is 17.7 Å². The van der Waals surface area contributed by atoms with E-state index in [9.17, 15) is 14.4 Å². The van der Waals surface area contributed by atoms with Gasteiger partial charge in [0.2, 0.25) is 5.78 Å². The van der Waals surface area contributed by atoms with E-state index in [1.54, 1.807) is 68.4 Å². The van der Waals surface area contributed by atoms with Crippen LogP contribution in [0.3, 0.4) is 0 Å². The molecule has 0 aliphatic carbocycles. The fourth-order valence-corrected chi connectivity index (χ4v) is 3.00. The van der Waals surface area contributed by atoms with Crippen molar-refractivity contribution in [1.29, 1.82) is 0 Å². The molecule has 152 valence electrons. The number of hydrogen-bond acceptors (Lipinski definition) is 6. The number of carbonyl (C=O) groups is 3. The first-order valence-electron chi connectivity index (χ1n) is 9.61. The van der Waals surface area contributed by atoms with Crippen LogP contribution in [-0.2, 0) is 9.47 Å². The summed E-state index contributed by atoms with van der Waals surface area (Å²) in [6, 6.07) is 18.9. The van der Waals surface area contributed by atoms with Gasteiger partial charge in [-0.1, -0.05) is 60.7 Å². The van der Waals surface area contributed by atoms with E-state index in [1.165, 1.54) is 6.07 Å². The number of ketones is 1. The number of rotatable bonds is 7. The molecule has 1 heterocycles. The number of pyridine rings is 1. The summed E-state index contributed by atoms with van der Waals surface area (Å²) in [5.74, 6) is -1.84. The Bertz CT molecular complexity index is 1060. The minimum Gasteiger partial charge on any atom is -0.462 e. The zero-order chi connectivity index (χ0) is 21.5. The molecule has 0 saturated heterocycles. The lowest BCUT2D eigenvalue weighted by Crippen LogP contribution is -2.19. The molecule has 1 aromatic heterocycles. The van der Waals surface area contributed by atoms with Crippen LogP contribution in [0.25, 0.3) is 11.1 Å². The van der Waals surface area contributed by atoms with Crippen LogP contribution in [0.15, 0.2) is 66.7 Å². The molecule has 3 aromatic rings. The fourth-order valence-electron chi connectivity index (χ4n) is 3.00. The van der Waals surface area contributed by atoms with E-state index < -0.39 is 17.7 Å². The van der Waals surface area contributed by atoms with Gasteiger partial charge in [0.25, 0.3) is 0 Å². The summed E-state index contributed by atoms with van der Waals surface area (Å²) in [5.41, 5.74) is 1.19. The van der Waals surface area contributed by atoms with Gasteiger partial charge < -0.3 is 9.47 Å². The quantitative estimate of drug-likeness (QED) is 0.431. The van der Waals surface area contributed by atoms with Crippen molar-refractivity contribution in [3.05, 3.63) is 89.2 Å². The number of esters is 2. The molecular formula is C24H21NO5. The highest BCUT2D eigenvalue weighted by Gasteiger charge is 2.28. The SMILES string of the molecule is CCOC(=O)c1cc(-c2ccccc2)c(C(=O)OCC)c(C(=O)c2ccccc2)n1. The van der Waals surface area contributed by atoms with E-state index in [0.717, 1.165) is 0 Å². The number of hydrogen-bond donors (Lipinski definition) is 0. The Morgan fingerprint density at radius 1 is 0.800 bits per heavy atom. The van der Waals surface area contributed by atoms with Gasteiger partial charge in [0.1, 0.15) is 11.4 Å². The van der Waals surface area contributed by atoms with E-state index in [2.05, 4.69) is 4.98 Å². The molecule has 30 heavy (non-hydrogen) atoms. The lowest BCUT2D eigenvalue weighted by molar-refractivity contribution is 0.0504. The molecule has 6 heteroatoms. The third-order valence-corrected chi connectivity index (χ3v) is 4.32. The Morgan fingerprint density at radius 3 is 1.97 bits per heavy atom. The van der Waals surface area contributed by atoms with Gasteiger partial charge in [-0.05, 0) is 25.5 Å². The summed E-state index contributed by atoms with van der Waals surface area (Å²) in [4.78, 5) is 42.8. The molecule has 2 aromatic carbocycles. The molecule has 0 N–H and O–H groups in total. The molecule has 0 amide bonds. The molecule has 0 radical (unpaired) electrons. The first-order valence-corrected chi connectivity index (χ1v) is 9.61. The number of aromatic nitrogens is 1. The third kappa shape index (κ3) is 4.43. The Hall–Kier alpha value is -3.80. The standard InChI is InChI=1S/C24H21NO5/c1-3-29-23(27)19-15-18(16-11-7-5-8-12-16)20(24(28)30-4-2)21(25-19)22(26)17-13-9-6-10-14-17/h5-15H,3-4H2,1-2H3. The number of ether oxygens (including phenoxy) is 2. The summed E-state index contributed by atoms with van der Waals surface area (Å²) in [5, 5.41) is 0. The molecule has 0 fully saturated rings.